The summed E-state index contributed by atoms with van der Waals surface area (Å²) < 4.78 is 0. The molecule has 2 aliphatic rings. The van der Waals surface area contributed by atoms with Gasteiger partial charge in [0.1, 0.15) is 5.82 Å². The summed E-state index contributed by atoms with van der Waals surface area (Å²) in [5.41, 5.74) is 3.28. The lowest BCUT2D eigenvalue weighted by Gasteiger charge is -2.43. The normalized spacial score (nSPS) is 18.2. The molecule has 1 aromatic carbocycles. The molecule has 6 nitrogen and oxygen atoms in total. The Labute approximate surface area is 167 Å². The largest absolute Gasteiger partial charge is 0.368 e. The number of hydrogen-bond donors (Lipinski definition) is 0. The summed E-state index contributed by atoms with van der Waals surface area (Å²) in [6.07, 6.45) is 4.00. The van der Waals surface area contributed by atoms with Crippen molar-refractivity contribution in [3.63, 3.8) is 0 Å². The molecule has 0 atom stereocenters. The smallest absolute Gasteiger partial charge is 0.317 e. The second kappa shape index (κ2) is 7.43. The van der Waals surface area contributed by atoms with Crippen LogP contribution < -0.4 is 14.7 Å². The van der Waals surface area contributed by atoms with Crippen molar-refractivity contribution in [2.45, 2.75) is 26.3 Å². The highest BCUT2D eigenvalue weighted by Crippen LogP contribution is 2.36. The molecule has 2 aliphatic heterocycles. The maximum absolute atomic E-state index is 11.2. The van der Waals surface area contributed by atoms with Gasteiger partial charge in [0.25, 0.3) is 0 Å². The Morgan fingerprint density at radius 2 is 1.61 bits per heavy atom. The van der Waals surface area contributed by atoms with Gasteiger partial charge in [0.05, 0.1) is 23.3 Å². The van der Waals surface area contributed by atoms with Crippen molar-refractivity contribution in [3.8, 4) is 0 Å². The minimum atomic E-state index is 0.225. The molecule has 1 aromatic heterocycles. The molecule has 1 saturated heterocycles. The molecule has 0 spiro atoms. The van der Waals surface area contributed by atoms with Crippen LogP contribution in [-0.4, -0.2) is 61.1 Å². The average Bonchev–Trinajstić information content (AvgIpc) is 2.72. The van der Waals surface area contributed by atoms with Crippen LogP contribution in [0.2, 0.25) is 0 Å². The number of fused-ring (bicyclic) bond motifs is 1. The molecular formula is C22H28N5O. The fourth-order valence-electron chi connectivity index (χ4n) is 4.05. The number of nitrogens with zero attached hydrogens (tertiary/aromatic N) is 5. The molecule has 1 radical (unpaired) electrons. The van der Waals surface area contributed by atoms with Gasteiger partial charge in [0.2, 0.25) is 0 Å². The van der Waals surface area contributed by atoms with Gasteiger partial charge in [-0.05, 0) is 45.0 Å². The number of aromatic nitrogens is 1. The number of para-hydroxylation sites is 2. The van der Waals surface area contributed by atoms with Gasteiger partial charge >= 0.3 is 6.41 Å². The number of rotatable bonds is 3. The molecule has 147 valence electrons. The lowest BCUT2D eigenvalue weighted by atomic mass is 10.0. The zero-order chi connectivity index (χ0) is 19.7. The van der Waals surface area contributed by atoms with Gasteiger partial charge in [-0.2, -0.15) is 0 Å². The minimum Gasteiger partial charge on any atom is -0.368 e. The molecule has 4 rings (SSSR count). The van der Waals surface area contributed by atoms with E-state index in [-0.39, 0.29) is 5.54 Å². The third-order valence-corrected chi connectivity index (χ3v) is 5.72. The Hall–Kier alpha value is -2.60. The van der Waals surface area contributed by atoms with Crippen LogP contribution in [0.5, 0.6) is 0 Å². The summed E-state index contributed by atoms with van der Waals surface area (Å²) in [6.45, 7) is 12.3. The van der Waals surface area contributed by atoms with E-state index in [4.69, 9.17) is 4.98 Å². The second-order valence-electron chi connectivity index (χ2n) is 8.40. The summed E-state index contributed by atoms with van der Waals surface area (Å²) in [6, 6.07) is 12.2. The summed E-state index contributed by atoms with van der Waals surface area (Å²) in [5.74, 6) is 0.912. The van der Waals surface area contributed by atoms with E-state index < -0.39 is 0 Å². The predicted octanol–water partition coefficient (Wildman–Crippen LogP) is 3.03. The molecule has 2 aromatic rings. The lowest BCUT2D eigenvalue weighted by Crippen LogP contribution is -2.53. The minimum absolute atomic E-state index is 0.225. The Bertz CT molecular complexity index is 822. The van der Waals surface area contributed by atoms with Gasteiger partial charge in [-0.3, -0.25) is 9.69 Å². The quantitative estimate of drug-likeness (QED) is 0.821. The monoisotopic (exact) mass is 378 g/mol. The van der Waals surface area contributed by atoms with E-state index in [0.29, 0.717) is 13.1 Å². The summed E-state index contributed by atoms with van der Waals surface area (Å²) in [5, 5.41) is 0. The van der Waals surface area contributed by atoms with Crippen LogP contribution in [-0.2, 0) is 4.79 Å². The summed E-state index contributed by atoms with van der Waals surface area (Å²) in [4.78, 5) is 24.7. The van der Waals surface area contributed by atoms with Crippen molar-refractivity contribution >= 4 is 29.3 Å². The molecule has 0 aliphatic carbocycles. The van der Waals surface area contributed by atoms with Gasteiger partial charge < -0.3 is 14.7 Å². The van der Waals surface area contributed by atoms with Crippen molar-refractivity contribution < 1.29 is 4.79 Å². The maximum atomic E-state index is 11.2. The average molecular weight is 379 g/mol. The zero-order valence-corrected chi connectivity index (χ0v) is 16.9. The highest BCUT2D eigenvalue weighted by atomic mass is 16.1. The van der Waals surface area contributed by atoms with Crippen LogP contribution in [0.4, 0.5) is 22.9 Å². The Morgan fingerprint density at radius 3 is 2.21 bits per heavy atom. The highest BCUT2D eigenvalue weighted by Gasteiger charge is 2.27. The first-order chi connectivity index (χ1) is 13.5. The van der Waals surface area contributed by atoms with Crippen molar-refractivity contribution in [1.82, 2.24) is 9.88 Å². The first-order valence-electron chi connectivity index (χ1n) is 9.95. The lowest BCUT2D eigenvalue weighted by molar-refractivity contribution is 0.128. The van der Waals surface area contributed by atoms with E-state index in [0.717, 1.165) is 43.4 Å². The van der Waals surface area contributed by atoms with Crippen LogP contribution >= 0.6 is 0 Å². The number of benzene rings is 1. The molecule has 0 N–H and O–H groups in total. The first-order valence-corrected chi connectivity index (χ1v) is 9.95. The number of pyridine rings is 1. The van der Waals surface area contributed by atoms with Gasteiger partial charge in [-0.15, -0.1) is 0 Å². The topological polar surface area (TPSA) is 42.9 Å². The fraction of sp³-hybridized carbons (Fsp3) is 0.455. The summed E-state index contributed by atoms with van der Waals surface area (Å²) in [7, 11) is 0. The Morgan fingerprint density at radius 1 is 0.893 bits per heavy atom. The highest BCUT2D eigenvalue weighted by molar-refractivity contribution is 5.88. The molecule has 1 fully saturated rings. The van der Waals surface area contributed by atoms with Crippen LogP contribution in [0.1, 0.15) is 20.8 Å². The second-order valence-corrected chi connectivity index (χ2v) is 8.40. The molecular weight excluding hydrogens is 350 g/mol. The van der Waals surface area contributed by atoms with Crippen molar-refractivity contribution in [2.75, 3.05) is 54.0 Å². The maximum Gasteiger partial charge on any atom is 0.317 e. The van der Waals surface area contributed by atoms with Gasteiger partial charge in [-0.25, -0.2) is 4.98 Å². The van der Waals surface area contributed by atoms with Gasteiger partial charge in [0.15, 0.2) is 0 Å². The number of carbonyl (C=O) groups excluding carboxylic acids is 1. The molecule has 3 heterocycles. The Balaban J connectivity index is 1.49. The number of hydrogen-bond acceptors (Lipinski definition) is 5. The van der Waals surface area contributed by atoms with Gasteiger partial charge in [-0.1, -0.05) is 12.1 Å². The fourth-order valence-corrected chi connectivity index (χ4v) is 4.05. The number of amides is 1. The first kappa shape index (κ1) is 18.7. The van der Waals surface area contributed by atoms with E-state index in [9.17, 15) is 4.79 Å². The van der Waals surface area contributed by atoms with Crippen LogP contribution in [0.15, 0.2) is 42.6 Å². The van der Waals surface area contributed by atoms with E-state index in [1.165, 1.54) is 5.69 Å². The third kappa shape index (κ3) is 3.56. The van der Waals surface area contributed by atoms with Gasteiger partial charge in [0, 0.05) is 44.8 Å². The van der Waals surface area contributed by atoms with E-state index in [1.54, 1.807) is 4.90 Å². The third-order valence-electron chi connectivity index (χ3n) is 5.72. The molecule has 6 heteroatoms. The van der Waals surface area contributed by atoms with E-state index in [1.807, 2.05) is 36.9 Å². The number of piperazine rings is 1. The van der Waals surface area contributed by atoms with Crippen molar-refractivity contribution in [1.29, 1.82) is 0 Å². The standard InChI is InChI=1S/C22H28N5O/c1-22(2,3)26-13-10-24(11-14-26)18-8-9-21(23-16-18)27-15-12-25(17-28)19-6-4-5-7-20(19)27/h4-9,16H,10-15H2,1-3H3. The van der Waals surface area contributed by atoms with Crippen LogP contribution in [0.25, 0.3) is 0 Å². The zero-order valence-electron chi connectivity index (χ0n) is 16.9. The van der Waals surface area contributed by atoms with E-state index >= 15 is 0 Å². The molecule has 28 heavy (non-hydrogen) atoms. The van der Waals surface area contributed by atoms with Crippen molar-refractivity contribution in [2.24, 2.45) is 0 Å². The van der Waals surface area contributed by atoms with Crippen molar-refractivity contribution in [3.05, 3.63) is 42.6 Å². The van der Waals surface area contributed by atoms with Crippen LogP contribution in [0.3, 0.4) is 0 Å². The molecule has 0 saturated carbocycles. The SMILES string of the molecule is CC(C)(C)N1CCN(c2ccc(N3CCN([C]=O)c4ccccc43)nc2)CC1. The van der Waals surface area contributed by atoms with Crippen LogP contribution in [0, 0.1) is 0 Å². The predicted molar refractivity (Wildman–Crippen MR) is 114 cm³/mol. The summed E-state index contributed by atoms with van der Waals surface area (Å²) >= 11 is 0. The van der Waals surface area contributed by atoms with E-state index in [2.05, 4.69) is 47.6 Å². The number of anilines is 4. The Kier molecular flexibility index (Phi) is 4.98. The molecule has 1 amide bonds. The molecule has 0 bridgehead atoms. The molecule has 0 unspecified atom stereocenters.